The molecule has 3 aromatic rings. The predicted molar refractivity (Wildman–Crippen MR) is 74.3 cm³/mol. The Kier molecular flexibility index (Phi) is 2.61. The van der Waals surface area contributed by atoms with Gasteiger partial charge in [-0.3, -0.25) is 0 Å². The second kappa shape index (κ2) is 4.41. The third-order valence-corrected chi connectivity index (χ3v) is 2.84. The first-order valence-corrected chi connectivity index (χ1v) is 5.84. The maximum atomic E-state index is 5.62. The van der Waals surface area contributed by atoms with Gasteiger partial charge in [-0.25, -0.2) is 4.98 Å². The molecule has 0 aliphatic rings. The first-order chi connectivity index (χ1) is 8.81. The third kappa shape index (κ3) is 2.13. The van der Waals surface area contributed by atoms with Crippen molar-refractivity contribution in [3.63, 3.8) is 0 Å². The van der Waals surface area contributed by atoms with Crippen molar-refractivity contribution in [1.29, 1.82) is 0 Å². The molecule has 0 atom stereocenters. The molecule has 0 aliphatic carbocycles. The Morgan fingerprint density at radius 1 is 1.11 bits per heavy atom. The normalized spacial score (nSPS) is 10.7. The summed E-state index contributed by atoms with van der Waals surface area (Å²) < 4.78 is 0. The largest absolute Gasteiger partial charge is 0.381 e. The number of imidazole rings is 1. The van der Waals surface area contributed by atoms with Crippen molar-refractivity contribution in [1.82, 2.24) is 9.97 Å². The molecule has 4 N–H and O–H groups in total. The zero-order valence-corrected chi connectivity index (χ0v) is 9.85. The number of nitrogens with one attached hydrogen (secondary N) is 2. The molecule has 4 nitrogen and oxygen atoms in total. The maximum absolute atomic E-state index is 5.62. The zero-order chi connectivity index (χ0) is 12.4. The average molecular weight is 238 g/mol. The molecular formula is C14H14N4. The average Bonchev–Trinajstić information content (AvgIpc) is 2.77. The number of rotatable bonds is 3. The van der Waals surface area contributed by atoms with Gasteiger partial charge >= 0.3 is 0 Å². The molecule has 0 spiro atoms. The van der Waals surface area contributed by atoms with Crippen LogP contribution in [-0.4, -0.2) is 9.97 Å². The van der Waals surface area contributed by atoms with Gasteiger partial charge in [0, 0.05) is 12.2 Å². The fourth-order valence-electron chi connectivity index (χ4n) is 1.94. The number of hydrogen-bond acceptors (Lipinski definition) is 3. The summed E-state index contributed by atoms with van der Waals surface area (Å²) in [6.07, 6.45) is 0. The molecule has 4 heteroatoms. The molecule has 0 amide bonds. The Labute approximate surface area is 105 Å². The van der Waals surface area contributed by atoms with E-state index < -0.39 is 0 Å². The first-order valence-electron chi connectivity index (χ1n) is 5.84. The number of anilines is 2. The van der Waals surface area contributed by atoms with Gasteiger partial charge in [-0.1, -0.05) is 30.3 Å². The number of nitrogens with two attached hydrogens (primary N) is 1. The van der Waals surface area contributed by atoms with Crippen molar-refractivity contribution in [2.45, 2.75) is 6.54 Å². The van der Waals surface area contributed by atoms with E-state index in [-0.39, 0.29) is 0 Å². The molecule has 18 heavy (non-hydrogen) atoms. The molecule has 0 radical (unpaired) electrons. The monoisotopic (exact) mass is 238 g/mol. The molecule has 2 aromatic carbocycles. The Morgan fingerprint density at radius 2 is 1.94 bits per heavy atom. The lowest BCUT2D eigenvalue weighted by molar-refractivity contribution is 1.15. The number of benzene rings is 2. The number of hydrogen-bond donors (Lipinski definition) is 3. The quantitative estimate of drug-likeness (QED) is 0.657. The van der Waals surface area contributed by atoms with E-state index in [9.17, 15) is 0 Å². The third-order valence-electron chi connectivity index (χ3n) is 2.84. The van der Waals surface area contributed by atoms with Crippen LogP contribution >= 0.6 is 0 Å². The van der Waals surface area contributed by atoms with E-state index in [1.165, 1.54) is 5.56 Å². The van der Waals surface area contributed by atoms with Crippen LogP contribution in [0.5, 0.6) is 0 Å². The Morgan fingerprint density at radius 3 is 2.78 bits per heavy atom. The van der Waals surface area contributed by atoms with Gasteiger partial charge in [0.2, 0.25) is 0 Å². The van der Waals surface area contributed by atoms with Crippen LogP contribution in [0.2, 0.25) is 0 Å². The maximum Gasteiger partial charge on any atom is 0.198 e. The van der Waals surface area contributed by atoms with Crippen LogP contribution in [0.15, 0.2) is 48.5 Å². The summed E-state index contributed by atoms with van der Waals surface area (Å²) in [6.45, 7) is 0.802. The highest BCUT2D eigenvalue weighted by molar-refractivity contribution is 5.80. The van der Waals surface area contributed by atoms with E-state index in [4.69, 9.17) is 5.73 Å². The second-order valence-corrected chi connectivity index (χ2v) is 4.19. The molecule has 0 aliphatic heterocycles. The predicted octanol–water partition coefficient (Wildman–Crippen LogP) is 2.76. The second-order valence-electron chi connectivity index (χ2n) is 4.19. The smallest absolute Gasteiger partial charge is 0.198 e. The molecule has 90 valence electrons. The van der Waals surface area contributed by atoms with Gasteiger partial charge in [0.15, 0.2) is 5.95 Å². The molecule has 0 saturated heterocycles. The van der Waals surface area contributed by atoms with Crippen LogP contribution in [0, 0.1) is 0 Å². The van der Waals surface area contributed by atoms with Gasteiger partial charge in [0.1, 0.15) is 0 Å². The number of aromatic nitrogens is 2. The van der Waals surface area contributed by atoms with Crippen LogP contribution in [0.3, 0.4) is 0 Å². The lowest BCUT2D eigenvalue weighted by Gasteiger charge is -2.06. The Hall–Kier alpha value is -2.49. The number of fused-ring (bicyclic) bond motifs is 1. The molecule has 0 saturated carbocycles. The van der Waals surface area contributed by atoms with E-state index in [1.54, 1.807) is 0 Å². The molecular weight excluding hydrogens is 224 g/mol. The zero-order valence-electron chi connectivity index (χ0n) is 9.85. The van der Waals surface area contributed by atoms with Crippen molar-refractivity contribution < 1.29 is 0 Å². The van der Waals surface area contributed by atoms with Gasteiger partial charge in [-0.2, -0.15) is 0 Å². The molecule has 0 fully saturated rings. The highest BCUT2D eigenvalue weighted by Gasteiger charge is 2.00. The Bertz CT molecular complexity index is 658. The molecule has 1 aromatic heterocycles. The minimum Gasteiger partial charge on any atom is -0.381 e. The van der Waals surface area contributed by atoms with Gasteiger partial charge in [-0.05, 0) is 23.8 Å². The van der Waals surface area contributed by atoms with Crippen molar-refractivity contribution in [3.05, 3.63) is 54.1 Å². The fraction of sp³-hybridized carbons (Fsp3) is 0.0714. The van der Waals surface area contributed by atoms with E-state index in [2.05, 4.69) is 27.4 Å². The van der Waals surface area contributed by atoms with Crippen molar-refractivity contribution in [2.75, 3.05) is 11.1 Å². The van der Waals surface area contributed by atoms with Crippen molar-refractivity contribution >= 4 is 22.7 Å². The molecule has 0 bridgehead atoms. The first kappa shape index (κ1) is 10.7. The SMILES string of the molecule is Nc1nc2ccc(NCc3ccccc3)cc2[nH]1. The van der Waals surface area contributed by atoms with Crippen molar-refractivity contribution in [2.24, 2.45) is 0 Å². The summed E-state index contributed by atoms with van der Waals surface area (Å²) in [5, 5.41) is 3.37. The summed E-state index contributed by atoms with van der Waals surface area (Å²) >= 11 is 0. The van der Waals surface area contributed by atoms with E-state index in [0.29, 0.717) is 5.95 Å². The van der Waals surface area contributed by atoms with E-state index >= 15 is 0 Å². The number of H-pyrrole nitrogens is 1. The highest BCUT2D eigenvalue weighted by Crippen LogP contribution is 2.18. The van der Waals surface area contributed by atoms with Crippen LogP contribution < -0.4 is 11.1 Å². The lowest BCUT2D eigenvalue weighted by atomic mass is 10.2. The Balaban J connectivity index is 1.78. The minimum absolute atomic E-state index is 0.449. The number of aromatic amines is 1. The summed E-state index contributed by atoms with van der Waals surface area (Å²) in [5.41, 5.74) is 9.76. The van der Waals surface area contributed by atoms with Gasteiger partial charge in [-0.15, -0.1) is 0 Å². The summed E-state index contributed by atoms with van der Waals surface area (Å²) in [6, 6.07) is 16.3. The van der Waals surface area contributed by atoms with Gasteiger partial charge in [0.25, 0.3) is 0 Å². The molecule has 0 unspecified atom stereocenters. The van der Waals surface area contributed by atoms with Gasteiger partial charge < -0.3 is 16.0 Å². The number of nitrogen functional groups attached to an aromatic ring is 1. The van der Waals surface area contributed by atoms with Crippen LogP contribution in [0.4, 0.5) is 11.6 Å². The van der Waals surface area contributed by atoms with E-state index in [1.807, 2.05) is 36.4 Å². The molecule has 1 heterocycles. The van der Waals surface area contributed by atoms with Crippen LogP contribution in [0.1, 0.15) is 5.56 Å². The fourth-order valence-corrected chi connectivity index (χ4v) is 1.94. The van der Waals surface area contributed by atoms with E-state index in [0.717, 1.165) is 23.3 Å². The highest BCUT2D eigenvalue weighted by atomic mass is 15.0. The summed E-state index contributed by atoms with van der Waals surface area (Å²) in [4.78, 5) is 7.19. The van der Waals surface area contributed by atoms with Crippen LogP contribution in [0.25, 0.3) is 11.0 Å². The minimum atomic E-state index is 0.449. The number of nitrogens with zero attached hydrogens (tertiary/aromatic N) is 1. The van der Waals surface area contributed by atoms with Gasteiger partial charge in [0.05, 0.1) is 11.0 Å². The molecule has 3 rings (SSSR count). The summed E-state index contributed by atoms with van der Waals surface area (Å²) in [5.74, 6) is 0.449. The standard InChI is InChI=1S/C14H14N4/c15-14-17-12-7-6-11(8-13(12)18-14)16-9-10-4-2-1-3-5-10/h1-8,16H,9H2,(H3,15,17,18). The van der Waals surface area contributed by atoms with Crippen LogP contribution in [-0.2, 0) is 6.54 Å². The summed E-state index contributed by atoms with van der Waals surface area (Å²) in [7, 11) is 0. The van der Waals surface area contributed by atoms with Crippen molar-refractivity contribution in [3.8, 4) is 0 Å². The lowest BCUT2D eigenvalue weighted by Crippen LogP contribution is -1.98. The topological polar surface area (TPSA) is 66.7 Å².